The van der Waals surface area contributed by atoms with Gasteiger partial charge in [-0.25, -0.2) is 4.39 Å². The molecular formula is C24H28FNO4. The van der Waals surface area contributed by atoms with Crippen molar-refractivity contribution in [3.63, 3.8) is 0 Å². The van der Waals surface area contributed by atoms with Gasteiger partial charge in [0.25, 0.3) is 0 Å². The van der Waals surface area contributed by atoms with Crippen molar-refractivity contribution < 1.29 is 24.5 Å². The third-order valence-electron chi connectivity index (χ3n) is 5.45. The van der Waals surface area contributed by atoms with Crippen LogP contribution < -0.4 is 4.90 Å². The Kier molecular flexibility index (Phi) is 6.90. The zero-order valence-corrected chi connectivity index (χ0v) is 17.1. The Labute approximate surface area is 176 Å². The Morgan fingerprint density at radius 2 is 1.80 bits per heavy atom. The number of halogens is 1. The first kappa shape index (κ1) is 22.0. The standard InChI is InChI=1S/C24H28FNO4/c1-15(2)26-21-6-4-3-5-20(21)24(16-7-9-17(25)10-8-16)22(26)12-11-18(27)13-19(28)14-23(29)30/h3-12,15,18-19,22,24,27-28H,13-14H2,1-2H3,(H,29,30)/b12-11+. The Hall–Kier alpha value is -2.70. The molecule has 6 heteroatoms. The number of aliphatic hydroxyl groups excluding tert-OH is 2. The van der Waals surface area contributed by atoms with Crippen LogP contribution in [0.2, 0.25) is 0 Å². The SMILES string of the molecule is CC(C)N1c2ccccc2C(c2ccc(F)cc2)C1/C=C/C(O)CC(O)CC(=O)O. The fourth-order valence-electron chi connectivity index (χ4n) is 4.25. The second-order valence-electron chi connectivity index (χ2n) is 8.02. The van der Waals surface area contributed by atoms with Gasteiger partial charge in [-0.05, 0) is 43.2 Å². The molecule has 5 nitrogen and oxygen atoms in total. The van der Waals surface area contributed by atoms with E-state index in [-0.39, 0.29) is 30.2 Å². The van der Waals surface area contributed by atoms with Gasteiger partial charge in [0.05, 0.1) is 24.7 Å². The van der Waals surface area contributed by atoms with Crippen LogP contribution in [0.4, 0.5) is 10.1 Å². The maximum atomic E-state index is 13.5. The Bertz CT molecular complexity index is 896. The van der Waals surface area contributed by atoms with Crippen LogP contribution in [-0.2, 0) is 4.79 Å². The lowest BCUT2D eigenvalue weighted by Gasteiger charge is -2.32. The molecule has 4 unspecified atom stereocenters. The largest absolute Gasteiger partial charge is 0.481 e. The van der Waals surface area contributed by atoms with Crippen molar-refractivity contribution in [3.8, 4) is 0 Å². The molecule has 0 saturated heterocycles. The number of nitrogens with zero attached hydrogens (tertiary/aromatic N) is 1. The quantitative estimate of drug-likeness (QED) is 0.575. The highest BCUT2D eigenvalue weighted by atomic mass is 19.1. The van der Waals surface area contributed by atoms with Gasteiger partial charge in [-0.15, -0.1) is 0 Å². The van der Waals surface area contributed by atoms with Crippen LogP contribution in [0.3, 0.4) is 0 Å². The van der Waals surface area contributed by atoms with Crippen molar-refractivity contribution in [1.29, 1.82) is 0 Å². The number of benzene rings is 2. The van der Waals surface area contributed by atoms with Crippen LogP contribution in [0.5, 0.6) is 0 Å². The number of fused-ring (bicyclic) bond motifs is 1. The Morgan fingerprint density at radius 1 is 1.13 bits per heavy atom. The molecule has 3 rings (SSSR count). The molecule has 2 aromatic carbocycles. The van der Waals surface area contributed by atoms with Crippen LogP contribution in [0.1, 0.15) is 43.7 Å². The maximum absolute atomic E-state index is 13.5. The summed E-state index contributed by atoms with van der Waals surface area (Å²) in [5.74, 6) is -1.44. The summed E-state index contributed by atoms with van der Waals surface area (Å²) in [4.78, 5) is 13.0. The van der Waals surface area contributed by atoms with Crippen molar-refractivity contribution in [2.45, 2.75) is 56.9 Å². The summed E-state index contributed by atoms with van der Waals surface area (Å²) in [5.41, 5.74) is 3.20. The van der Waals surface area contributed by atoms with Crippen molar-refractivity contribution in [2.75, 3.05) is 4.90 Å². The minimum absolute atomic E-state index is 0.0448. The first-order valence-corrected chi connectivity index (χ1v) is 10.2. The molecule has 0 fully saturated rings. The molecule has 0 aliphatic carbocycles. The summed E-state index contributed by atoms with van der Waals surface area (Å²) in [6, 6.07) is 14.6. The molecule has 2 aromatic rings. The first-order valence-electron chi connectivity index (χ1n) is 10.2. The molecule has 1 aliphatic heterocycles. The minimum atomic E-state index is -1.11. The number of carboxylic acids is 1. The third-order valence-corrected chi connectivity index (χ3v) is 5.45. The van der Waals surface area contributed by atoms with E-state index in [4.69, 9.17) is 5.11 Å². The van der Waals surface area contributed by atoms with Crippen molar-refractivity contribution >= 4 is 11.7 Å². The number of aliphatic hydroxyl groups is 2. The van der Waals surface area contributed by atoms with Crippen LogP contribution in [0, 0.1) is 5.82 Å². The molecule has 0 radical (unpaired) electrons. The molecule has 3 N–H and O–H groups in total. The van der Waals surface area contributed by atoms with Gasteiger partial charge in [0, 0.05) is 24.1 Å². The van der Waals surface area contributed by atoms with Gasteiger partial charge in [0.1, 0.15) is 5.82 Å². The predicted octanol–water partition coefficient (Wildman–Crippen LogP) is 3.70. The zero-order valence-electron chi connectivity index (χ0n) is 17.1. The van der Waals surface area contributed by atoms with E-state index in [1.165, 1.54) is 12.1 Å². The summed E-state index contributed by atoms with van der Waals surface area (Å²) in [7, 11) is 0. The fraction of sp³-hybridized carbons (Fsp3) is 0.375. The maximum Gasteiger partial charge on any atom is 0.305 e. The van der Waals surface area contributed by atoms with Crippen molar-refractivity contribution in [2.24, 2.45) is 0 Å². The molecule has 0 spiro atoms. The van der Waals surface area contributed by atoms with E-state index in [0.717, 1.165) is 16.8 Å². The minimum Gasteiger partial charge on any atom is -0.481 e. The second-order valence-corrected chi connectivity index (χ2v) is 8.02. The predicted molar refractivity (Wildman–Crippen MR) is 114 cm³/mol. The molecule has 160 valence electrons. The lowest BCUT2D eigenvalue weighted by Crippen LogP contribution is -2.38. The molecule has 0 saturated carbocycles. The molecular weight excluding hydrogens is 385 g/mol. The number of para-hydroxylation sites is 1. The second kappa shape index (κ2) is 9.41. The number of hydrogen-bond acceptors (Lipinski definition) is 4. The number of aliphatic carboxylic acids is 1. The van der Waals surface area contributed by atoms with E-state index in [1.807, 2.05) is 18.2 Å². The zero-order chi connectivity index (χ0) is 21.8. The highest BCUT2D eigenvalue weighted by Gasteiger charge is 2.38. The van der Waals surface area contributed by atoms with E-state index in [1.54, 1.807) is 18.2 Å². The summed E-state index contributed by atoms with van der Waals surface area (Å²) < 4.78 is 13.5. The molecule has 1 heterocycles. The average molecular weight is 413 g/mol. The van der Waals surface area contributed by atoms with Gasteiger partial charge in [-0.3, -0.25) is 4.79 Å². The van der Waals surface area contributed by atoms with Crippen LogP contribution in [0.15, 0.2) is 60.7 Å². The fourth-order valence-corrected chi connectivity index (χ4v) is 4.25. The van der Waals surface area contributed by atoms with Crippen molar-refractivity contribution in [3.05, 3.63) is 77.6 Å². The van der Waals surface area contributed by atoms with E-state index >= 15 is 0 Å². The Balaban J connectivity index is 1.92. The first-order chi connectivity index (χ1) is 14.3. The number of rotatable bonds is 8. The van der Waals surface area contributed by atoms with Gasteiger partial charge in [0.15, 0.2) is 0 Å². The van der Waals surface area contributed by atoms with Gasteiger partial charge in [0.2, 0.25) is 0 Å². The van der Waals surface area contributed by atoms with Crippen LogP contribution in [0.25, 0.3) is 0 Å². The molecule has 0 amide bonds. The topological polar surface area (TPSA) is 81.0 Å². The molecule has 0 bridgehead atoms. The van der Waals surface area contributed by atoms with E-state index in [0.29, 0.717) is 0 Å². The molecule has 0 aromatic heterocycles. The molecule has 4 atom stereocenters. The smallest absolute Gasteiger partial charge is 0.305 e. The van der Waals surface area contributed by atoms with Crippen molar-refractivity contribution in [1.82, 2.24) is 0 Å². The van der Waals surface area contributed by atoms with Gasteiger partial charge in [-0.2, -0.15) is 0 Å². The summed E-state index contributed by atoms with van der Waals surface area (Å²) in [5, 5.41) is 28.9. The van der Waals surface area contributed by atoms with E-state index in [2.05, 4.69) is 30.9 Å². The lowest BCUT2D eigenvalue weighted by molar-refractivity contribution is -0.139. The lowest BCUT2D eigenvalue weighted by atomic mass is 9.87. The molecule has 1 aliphatic rings. The third kappa shape index (κ3) is 4.89. The number of carboxylic acid groups (broad SMARTS) is 1. The highest BCUT2D eigenvalue weighted by Crippen LogP contribution is 2.46. The van der Waals surface area contributed by atoms with E-state index in [9.17, 15) is 19.4 Å². The van der Waals surface area contributed by atoms with Gasteiger partial charge < -0.3 is 20.2 Å². The van der Waals surface area contributed by atoms with E-state index < -0.39 is 24.6 Å². The summed E-state index contributed by atoms with van der Waals surface area (Å²) >= 11 is 0. The summed E-state index contributed by atoms with van der Waals surface area (Å²) in [6.07, 6.45) is 0.990. The van der Waals surface area contributed by atoms with Crippen LogP contribution in [-0.4, -0.2) is 45.6 Å². The molecule has 30 heavy (non-hydrogen) atoms. The number of anilines is 1. The van der Waals surface area contributed by atoms with Crippen LogP contribution >= 0.6 is 0 Å². The summed E-state index contributed by atoms with van der Waals surface area (Å²) in [6.45, 7) is 4.19. The normalized spacial score (nSPS) is 20.5. The number of hydrogen-bond donors (Lipinski definition) is 3. The van der Waals surface area contributed by atoms with Gasteiger partial charge in [-0.1, -0.05) is 42.5 Å². The monoisotopic (exact) mass is 413 g/mol. The number of carbonyl (C=O) groups is 1. The Morgan fingerprint density at radius 3 is 2.43 bits per heavy atom. The average Bonchev–Trinajstić information content (AvgIpc) is 3.00. The highest BCUT2D eigenvalue weighted by molar-refractivity contribution is 5.67. The van der Waals surface area contributed by atoms with Gasteiger partial charge >= 0.3 is 5.97 Å².